The molecule has 0 radical (unpaired) electrons. The van der Waals surface area contributed by atoms with Crippen molar-refractivity contribution < 1.29 is 9.53 Å². The van der Waals surface area contributed by atoms with Crippen LogP contribution in [-0.2, 0) is 0 Å². The molecule has 28 heavy (non-hydrogen) atoms. The number of carbonyl (C=O) groups excluding carboxylic acids is 1. The van der Waals surface area contributed by atoms with E-state index in [-0.39, 0.29) is 5.91 Å². The van der Waals surface area contributed by atoms with Crippen molar-refractivity contribution in [3.63, 3.8) is 0 Å². The zero-order chi connectivity index (χ0) is 19.3. The average molecular weight is 383 g/mol. The summed E-state index contributed by atoms with van der Waals surface area (Å²) < 4.78 is 7.51. The van der Waals surface area contributed by atoms with Gasteiger partial charge in [0.05, 0.1) is 18.5 Å². The van der Waals surface area contributed by atoms with Gasteiger partial charge in [-0.2, -0.15) is 0 Å². The lowest BCUT2D eigenvalue weighted by Crippen LogP contribution is -2.28. The number of ether oxygens (including phenoxy) is 1. The summed E-state index contributed by atoms with van der Waals surface area (Å²) in [6, 6.07) is 8.48. The van der Waals surface area contributed by atoms with Gasteiger partial charge in [-0.05, 0) is 69.8 Å². The maximum Gasteiger partial charge on any atom is 0.276 e. The Morgan fingerprint density at radius 1 is 1.14 bits per heavy atom. The summed E-state index contributed by atoms with van der Waals surface area (Å²) in [6.45, 7) is 6.98. The lowest BCUT2D eigenvalue weighted by Gasteiger charge is -2.20. The highest BCUT2D eigenvalue weighted by atomic mass is 16.5. The molecular formula is C21H29N5O2. The number of nitrogens with zero attached hydrogens (tertiary/aromatic N) is 5. The molecule has 2 aromatic rings. The Hall–Kier alpha value is -2.41. The van der Waals surface area contributed by atoms with Crippen molar-refractivity contribution in [2.24, 2.45) is 0 Å². The average Bonchev–Trinajstić information content (AvgIpc) is 3.47. The second-order valence-electron chi connectivity index (χ2n) is 7.77. The van der Waals surface area contributed by atoms with Crippen LogP contribution in [0.3, 0.4) is 0 Å². The Morgan fingerprint density at radius 3 is 2.64 bits per heavy atom. The fourth-order valence-corrected chi connectivity index (χ4v) is 4.05. The highest BCUT2D eigenvalue weighted by molar-refractivity contribution is 5.92. The van der Waals surface area contributed by atoms with Crippen LogP contribution >= 0.6 is 0 Å². The van der Waals surface area contributed by atoms with Gasteiger partial charge in [0.25, 0.3) is 5.91 Å². The molecule has 0 spiro atoms. The smallest absolute Gasteiger partial charge is 0.276 e. The zero-order valence-corrected chi connectivity index (χ0v) is 16.6. The molecular weight excluding hydrogens is 354 g/mol. The summed E-state index contributed by atoms with van der Waals surface area (Å²) in [6.07, 6.45) is 7.51. The molecule has 2 aliphatic rings. The SMILES string of the molecule is C[C@@H]1CCCN1CCCOc1ccc(-n2cc(C(=O)N3CCCC3)nn2)cc1. The molecule has 2 aliphatic heterocycles. The number of likely N-dealkylation sites (tertiary alicyclic amines) is 2. The molecule has 4 rings (SSSR count). The van der Waals surface area contributed by atoms with E-state index in [1.165, 1.54) is 19.4 Å². The van der Waals surface area contributed by atoms with Gasteiger partial charge >= 0.3 is 0 Å². The normalized spacial score (nSPS) is 20.0. The van der Waals surface area contributed by atoms with Crippen LogP contribution in [0.4, 0.5) is 0 Å². The van der Waals surface area contributed by atoms with Crippen LogP contribution in [0.1, 0.15) is 49.5 Å². The first-order valence-electron chi connectivity index (χ1n) is 10.4. The van der Waals surface area contributed by atoms with E-state index in [0.29, 0.717) is 11.7 Å². The highest BCUT2D eigenvalue weighted by Gasteiger charge is 2.22. The number of hydrogen-bond acceptors (Lipinski definition) is 5. The third kappa shape index (κ3) is 4.35. The molecule has 3 heterocycles. The zero-order valence-electron chi connectivity index (χ0n) is 16.6. The Kier molecular flexibility index (Phi) is 5.90. The summed E-state index contributed by atoms with van der Waals surface area (Å²) in [5.74, 6) is 0.822. The van der Waals surface area contributed by atoms with Crippen molar-refractivity contribution in [2.75, 3.05) is 32.8 Å². The molecule has 1 aromatic heterocycles. The van der Waals surface area contributed by atoms with Gasteiger partial charge in [-0.1, -0.05) is 5.21 Å². The monoisotopic (exact) mass is 383 g/mol. The van der Waals surface area contributed by atoms with E-state index in [1.807, 2.05) is 29.2 Å². The van der Waals surface area contributed by atoms with E-state index in [4.69, 9.17) is 4.74 Å². The van der Waals surface area contributed by atoms with Crippen LogP contribution in [0, 0.1) is 0 Å². The van der Waals surface area contributed by atoms with Crippen LogP contribution in [0.5, 0.6) is 5.75 Å². The second kappa shape index (κ2) is 8.73. The number of benzene rings is 1. The molecule has 1 aromatic carbocycles. The van der Waals surface area contributed by atoms with Gasteiger partial charge < -0.3 is 14.5 Å². The molecule has 0 saturated carbocycles. The van der Waals surface area contributed by atoms with Crippen molar-refractivity contribution in [3.8, 4) is 11.4 Å². The lowest BCUT2D eigenvalue weighted by molar-refractivity contribution is 0.0787. The summed E-state index contributed by atoms with van der Waals surface area (Å²) in [4.78, 5) is 16.8. The predicted octanol–water partition coefficient (Wildman–Crippen LogP) is 2.76. The Bertz CT molecular complexity index is 782. The summed E-state index contributed by atoms with van der Waals surface area (Å²) in [5.41, 5.74) is 1.27. The molecule has 2 fully saturated rings. The number of hydrogen-bond donors (Lipinski definition) is 0. The maximum atomic E-state index is 12.4. The van der Waals surface area contributed by atoms with Gasteiger partial charge in [-0.15, -0.1) is 5.10 Å². The predicted molar refractivity (Wildman–Crippen MR) is 107 cm³/mol. The highest BCUT2D eigenvalue weighted by Crippen LogP contribution is 2.18. The first-order valence-corrected chi connectivity index (χ1v) is 10.4. The van der Waals surface area contributed by atoms with Crippen molar-refractivity contribution in [2.45, 2.75) is 45.1 Å². The summed E-state index contributed by atoms with van der Waals surface area (Å²) in [7, 11) is 0. The summed E-state index contributed by atoms with van der Waals surface area (Å²) >= 11 is 0. The van der Waals surface area contributed by atoms with Crippen molar-refractivity contribution >= 4 is 5.91 Å². The topological polar surface area (TPSA) is 63.5 Å². The molecule has 2 saturated heterocycles. The van der Waals surface area contributed by atoms with Crippen molar-refractivity contribution in [1.29, 1.82) is 0 Å². The van der Waals surface area contributed by atoms with E-state index >= 15 is 0 Å². The van der Waals surface area contributed by atoms with Crippen LogP contribution < -0.4 is 4.74 Å². The molecule has 150 valence electrons. The number of rotatable bonds is 7. The van der Waals surface area contributed by atoms with Crippen LogP contribution in [-0.4, -0.2) is 69.5 Å². The third-order valence-electron chi connectivity index (χ3n) is 5.76. The maximum absolute atomic E-state index is 12.4. The quantitative estimate of drug-likeness (QED) is 0.688. The first-order chi connectivity index (χ1) is 13.7. The Labute approximate surface area is 166 Å². The van der Waals surface area contributed by atoms with E-state index in [9.17, 15) is 4.79 Å². The lowest BCUT2D eigenvalue weighted by atomic mass is 10.2. The fraction of sp³-hybridized carbons (Fsp3) is 0.571. The number of amides is 1. The summed E-state index contributed by atoms with van der Waals surface area (Å²) in [5, 5.41) is 8.16. The minimum Gasteiger partial charge on any atom is -0.494 e. The van der Waals surface area contributed by atoms with E-state index < -0.39 is 0 Å². The number of aromatic nitrogens is 3. The number of carbonyl (C=O) groups is 1. The first kappa shape index (κ1) is 18.9. The Balaban J connectivity index is 1.28. The Morgan fingerprint density at radius 2 is 1.93 bits per heavy atom. The van der Waals surface area contributed by atoms with Gasteiger partial charge in [0.1, 0.15) is 5.75 Å². The van der Waals surface area contributed by atoms with Crippen molar-refractivity contribution in [3.05, 3.63) is 36.2 Å². The minimum absolute atomic E-state index is 0.0315. The van der Waals surface area contributed by atoms with Gasteiger partial charge in [-0.3, -0.25) is 4.79 Å². The van der Waals surface area contributed by atoms with Crippen LogP contribution in [0.15, 0.2) is 30.5 Å². The fourth-order valence-electron chi connectivity index (χ4n) is 4.05. The molecule has 0 unspecified atom stereocenters. The van der Waals surface area contributed by atoms with Gasteiger partial charge in [-0.25, -0.2) is 4.68 Å². The van der Waals surface area contributed by atoms with Gasteiger partial charge in [0.15, 0.2) is 5.69 Å². The molecule has 7 heteroatoms. The molecule has 0 bridgehead atoms. The standard InChI is InChI=1S/C21H29N5O2/c1-17-6-4-13-24(17)14-5-15-28-19-9-7-18(8-10-19)26-16-20(22-23-26)21(27)25-11-2-3-12-25/h7-10,16-17H,2-6,11-15H2,1H3/t17-/m1/s1. The molecule has 0 aliphatic carbocycles. The van der Waals surface area contributed by atoms with Crippen LogP contribution in [0.25, 0.3) is 5.69 Å². The molecule has 1 atom stereocenters. The molecule has 0 N–H and O–H groups in total. The van der Waals surface area contributed by atoms with E-state index in [1.54, 1.807) is 10.9 Å². The largest absolute Gasteiger partial charge is 0.494 e. The minimum atomic E-state index is -0.0315. The van der Waals surface area contributed by atoms with Gasteiger partial charge in [0.2, 0.25) is 0 Å². The van der Waals surface area contributed by atoms with Gasteiger partial charge in [0, 0.05) is 25.7 Å². The van der Waals surface area contributed by atoms with E-state index in [2.05, 4.69) is 22.1 Å². The van der Waals surface area contributed by atoms with Crippen molar-refractivity contribution in [1.82, 2.24) is 24.8 Å². The third-order valence-corrected chi connectivity index (χ3v) is 5.76. The van der Waals surface area contributed by atoms with E-state index in [0.717, 1.165) is 56.9 Å². The molecule has 7 nitrogen and oxygen atoms in total. The molecule has 1 amide bonds. The van der Waals surface area contributed by atoms with Crippen LogP contribution in [0.2, 0.25) is 0 Å². The second-order valence-corrected chi connectivity index (χ2v) is 7.77.